The third kappa shape index (κ3) is 4.61. The molecule has 1 aromatic carbocycles. The number of benzene rings is 1. The van der Waals surface area contributed by atoms with Crippen LogP contribution in [0.1, 0.15) is 18.4 Å². The normalized spacial score (nSPS) is 17.4. The number of hydrogen-bond donors (Lipinski definition) is 1. The summed E-state index contributed by atoms with van der Waals surface area (Å²) < 4.78 is 5.94. The van der Waals surface area contributed by atoms with Gasteiger partial charge in [-0.05, 0) is 42.7 Å². The molecule has 0 bridgehead atoms. The maximum absolute atomic E-state index is 12.4. The van der Waals surface area contributed by atoms with Crippen molar-refractivity contribution < 1.29 is 9.53 Å². The van der Waals surface area contributed by atoms with Crippen LogP contribution in [-0.4, -0.2) is 35.1 Å². The van der Waals surface area contributed by atoms with Crippen molar-refractivity contribution in [1.82, 2.24) is 15.2 Å². The summed E-state index contributed by atoms with van der Waals surface area (Å²) >= 11 is 5.87. The van der Waals surface area contributed by atoms with Gasteiger partial charge in [-0.25, -0.2) is 4.79 Å². The van der Waals surface area contributed by atoms with E-state index in [4.69, 9.17) is 16.3 Å². The van der Waals surface area contributed by atoms with E-state index in [0.29, 0.717) is 18.1 Å². The Hall–Kier alpha value is -2.27. The lowest BCUT2D eigenvalue weighted by Gasteiger charge is -2.32. The molecule has 6 heteroatoms. The number of aromatic nitrogens is 1. The first kappa shape index (κ1) is 16.6. The molecule has 0 aliphatic carbocycles. The van der Waals surface area contributed by atoms with E-state index in [0.717, 1.165) is 30.7 Å². The number of urea groups is 1. The van der Waals surface area contributed by atoms with Crippen molar-refractivity contribution >= 4 is 17.6 Å². The number of nitrogens with one attached hydrogen (secondary N) is 1. The Bertz CT molecular complexity index is 664. The first-order valence-corrected chi connectivity index (χ1v) is 8.42. The molecule has 5 nitrogen and oxygen atoms in total. The summed E-state index contributed by atoms with van der Waals surface area (Å²) in [6, 6.07) is 11.1. The van der Waals surface area contributed by atoms with Gasteiger partial charge in [0, 0.05) is 30.5 Å². The van der Waals surface area contributed by atoms with Crippen molar-refractivity contribution in [2.45, 2.75) is 25.5 Å². The van der Waals surface area contributed by atoms with Crippen molar-refractivity contribution in [2.24, 2.45) is 0 Å². The molecule has 1 unspecified atom stereocenters. The molecule has 0 radical (unpaired) electrons. The van der Waals surface area contributed by atoms with Crippen molar-refractivity contribution in [2.75, 3.05) is 13.1 Å². The standard InChI is InChI=1S/C18H20ClN3O2/c19-15-5-3-14(4-6-15)12-21-18(23)22-11-1-2-17(13-22)24-16-7-9-20-10-8-16/h3-10,17H,1-2,11-13H2,(H,21,23). The lowest BCUT2D eigenvalue weighted by Crippen LogP contribution is -2.48. The summed E-state index contributed by atoms with van der Waals surface area (Å²) in [5, 5.41) is 3.64. The molecule has 0 saturated carbocycles. The van der Waals surface area contributed by atoms with Gasteiger partial charge in [0.25, 0.3) is 0 Å². The molecular weight excluding hydrogens is 326 g/mol. The fraction of sp³-hybridized carbons (Fsp3) is 0.333. The second-order valence-electron chi connectivity index (χ2n) is 5.80. The molecule has 1 aromatic heterocycles. The number of nitrogens with zero attached hydrogens (tertiary/aromatic N) is 2. The van der Waals surface area contributed by atoms with Crippen molar-refractivity contribution in [3.05, 3.63) is 59.4 Å². The van der Waals surface area contributed by atoms with Crippen LogP contribution in [0.4, 0.5) is 4.79 Å². The molecule has 3 rings (SSSR count). The highest BCUT2D eigenvalue weighted by atomic mass is 35.5. The van der Waals surface area contributed by atoms with Gasteiger partial charge in [0.05, 0.1) is 6.54 Å². The average Bonchev–Trinajstić information content (AvgIpc) is 2.62. The number of ether oxygens (including phenoxy) is 1. The Kier molecular flexibility index (Phi) is 5.54. The highest BCUT2D eigenvalue weighted by Crippen LogP contribution is 2.18. The molecular formula is C18H20ClN3O2. The fourth-order valence-electron chi connectivity index (χ4n) is 2.72. The van der Waals surface area contributed by atoms with E-state index in [2.05, 4.69) is 10.3 Å². The molecule has 126 valence electrons. The number of carbonyl (C=O) groups excluding carboxylic acids is 1. The molecule has 1 aliphatic heterocycles. The minimum atomic E-state index is -0.0621. The van der Waals surface area contributed by atoms with Crippen LogP contribution in [0.2, 0.25) is 5.02 Å². The lowest BCUT2D eigenvalue weighted by atomic mass is 10.1. The number of pyridine rings is 1. The van der Waals surface area contributed by atoms with Crippen LogP contribution in [0.15, 0.2) is 48.8 Å². The lowest BCUT2D eigenvalue weighted by molar-refractivity contribution is 0.101. The van der Waals surface area contributed by atoms with E-state index in [1.54, 1.807) is 12.4 Å². The van der Waals surface area contributed by atoms with E-state index < -0.39 is 0 Å². The van der Waals surface area contributed by atoms with Gasteiger partial charge in [-0.15, -0.1) is 0 Å². The van der Waals surface area contributed by atoms with Gasteiger partial charge >= 0.3 is 6.03 Å². The monoisotopic (exact) mass is 345 g/mol. The maximum Gasteiger partial charge on any atom is 0.317 e. The Labute approximate surface area is 146 Å². The average molecular weight is 346 g/mol. The predicted octanol–water partition coefficient (Wildman–Crippen LogP) is 3.49. The van der Waals surface area contributed by atoms with Crippen LogP contribution in [0, 0.1) is 0 Å². The molecule has 2 aromatic rings. The van der Waals surface area contributed by atoms with Crippen LogP contribution in [0.3, 0.4) is 0 Å². The number of piperidine rings is 1. The molecule has 24 heavy (non-hydrogen) atoms. The van der Waals surface area contributed by atoms with Crippen LogP contribution in [-0.2, 0) is 6.54 Å². The summed E-state index contributed by atoms with van der Waals surface area (Å²) in [5.41, 5.74) is 1.02. The summed E-state index contributed by atoms with van der Waals surface area (Å²) in [5.74, 6) is 0.790. The van der Waals surface area contributed by atoms with E-state index in [1.165, 1.54) is 0 Å². The molecule has 1 atom stereocenters. The smallest absolute Gasteiger partial charge is 0.317 e. The zero-order valence-electron chi connectivity index (χ0n) is 13.3. The zero-order valence-corrected chi connectivity index (χ0v) is 14.1. The fourth-order valence-corrected chi connectivity index (χ4v) is 2.85. The number of hydrogen-bond acceptors (Lipinski definition) is 3. The molecule has 1 N–H and O–H groups in total. The minimum absolute atomic E-state index is 0.0161. The van der Waals surface area contributed by atoms with Crippen LogP contribution in [0.25, 0.3) is 0 Å². The SMILES string of the molecule is O=C(NCc1ccc(Cl)cc1)N1CCCC(Oc2ccncc2)C1. The van der Waals surface area contributed by atoms with Gasteiger partial charge in [-0.2, -0.15) is 0 Å². The summed E-state index contributed by atoms with van der Waals surface area (Å²) in [4.78, 5) is 18.1. The highest BCUT2D eigenvalue weighted by Gasteiger charge is 2.24. The van der Waals surface area contributed by atoms with Gasteiger partial charge in [-0.1, -0.05) is 23.7 Å². The Morgan fingerprint density at radius 2 is 2.00 bits per heavy atom. The van der Waals surface area contributed by atoms with E-state index >= 15 is 0 Å². The number of likely N-dealkylation sites (tertiary alicyclic amines) is 1. The number of amides is 2. The molecule has 1 aliphatic rings. The number of rotatable bonds is 4. The second kappa shape index (κ2) is 8.02. The first-order chi connectivity index (χ1) is 11.7. The highest BCUT2D eigenvalue weighted by molar-refractivity contribution is 6.30. The maximum atomic E-state index is 12.4. The van der Waals surface area contributed by atoms with Gasteiger partial charge < -0.3 is 15.0 Å². The summed E-state index contributed by atoms with van der Waals surface area (Å²) in [7, 11) is 0. The van der Waals surface area contributed by atoms with Gasteiger partial charge in [0.1, 0.15) is 11.9 Å². The number of carbonyl (C=O) groups is 1. The number of halogens is 1. The summed E-state index contributed by atoms with van der Waals surface area (Å²) in [6.45, 7) is 1.83. The van der Waals surface area contributed by atoms with E-state index in [9.17, 15) is 4.79 Å². The van der Waals surface area contributed by atoms with Crippen LogP contribution >= 0.6 is 11.6 Å². The Morgan fingerprint density at radius 3 is 2.75 bits per heavy atom. The van der Waals surface area contributed by atoms with E-state index in [-0.39, 0.29) is 12.1 Å². The second-order valence-corrected chi connectivity index (χ2v) is 6.23. The first-order valence-electron chi connectivity index (χ1n) is 8.04. The van der Waals surface area contributed by atoms with E-state index in [1.807, 2.05) is 41.3 Å². The quantitative estimate of drug-likeness (QED) is 0.922. The van der Waals surface area contributed by atoms with Crippen molar-refractivity contribution in [3.63, 3.8) is 0 Å². The van der Waals surface area contributed by atoms with Crippen LogP contribution < -0.4 is 10.1 Å². The molecule has 1 fully saturated rings. The molecule has 2 amide bonds. The van der Waals surface area contributed by atoms with Gasteiger partial charge in [-0.3, -0.25) is 4.98 Å². The third-order valence-corrected chi connectivity index (χ3v) is 4.23. The topological polar surface area (TPSA) is 54.5 Å². The van der Waals surface area contributed by atoms with Crippen molar-refractivity contribution in [1.29, 1.82) is 0 Å². The molecule has 0 spiro atoms. The predicted molar refractivity (Wildman–Crippen MR) is 93.1 cm³/mol. The molecule has 2 heterocycles. The Balaban J connectivity index is 1.50. The third-order valence-electron chi connectivity index (χ3n) is 3.97. The minimum Gasteiger partial charge on any atom is -0.488 e. The zero-order chi connectivity index (χ0) is 16.8. The van der Waals surface area contributed by atoms with Crippen molar-refractivity contribution in [3.8, 4) is 5.75 Å². The molecule has 1 saturated heterocycles. The van der Waals surface area contributed by atoms with Crippen LogP contribution in [0.5, 0.6) is 5.75 Å². The van der Waals surface area contributed by atoms with Gasteiger partial charge in [0.15, 0.2) is 0 Å². The summed E-state index contributed by atoms with van der Waals surface area (Å²) in [6.07, 6.45) is 5.30. The largest absolute Gasteiger partial charge is 0.488 e. The van der Waals surface area contributed by atoms with Gasteiger partial charge in [0.2, 0.25) is 0 Å². The Morgan fingerprint density at radius 1 is 1.25 bits per heavy atom.